The molecule has 2 aliphatic heterocycles. The van der Waals surface area contributed by atoms with Crippen LogP contribution in [0, 0.1) is 6.92 Å². The Hall–Kier alpha value is -3.27. The van der Waals surface area contributed by atoms with Crippen molar-refractivity contribution in [2.75, 3.05) is 0 Å². The average molecular weight is 510 g/mol. The van der Waals surface area contributed by atoms with Crippen molar-refractivity contribution in [3.8, 4) is 11.4 Å². The standard InChI is InChI=1S/C26H24ClN3O6/c1-3-26(35)17-7-20-21-15(10-30(20)22(31)16(17)11-36-24(26)33)14(9-28-23(32)25(34)4-5-25)13-6-12(2)18(27)8-19(13)29-21/h6-8,34-35H,3-5,9-11H2,1-2H3,(H,28,32)/t26-/m0/s1. The Morgan fingerprint density at radius 1 is 1.22 bits per heavy atom. The van der Waals surface area contributed by atoms with Gasteiger partial charge in [-0.15, -0.1) is 0 Å². The Morgan fingerprint density at radius 2 is 1.97 bits per heavy atom. The number of fused-ring (bicyclic) bond motifs is 5. The number of nitrogens with one attached hydrogen (secondary N) is 1. The normalized spacial score (nSPS) is 21.0. The van der Waals surface area contributed by atoms with Gasteiger partial charge in [0.25, 0.3) is 11.5 Å². The molecule has 3 N–H and O–H groups in total. The number of amides is 1. The van der Waals surface area contributed by atoms with Gasteiger partial charge in [-0.2, -0.15) is 0 Å². The largest absolute Gasteiger partial charge is 0.458 e. The molecular formula is C26H24ClN3O6. The van der Waals surface area contributed by atoms with E-state index < -0.39 is 23.1 Å². The average Bonchev–Trinajstić information content (AvgIpc) is 3.50. The number of rotatable bonds is 4. The number of nitrogens with zero attached hydrogens (tertiary/aromatic N) is 2. The first-order valence-corrected chi connectivity index (χ1v) is 12.2. The highest BCUT2D eigenvalue weighted by Gasteiger charge is 2.48. The van der Waals surface area contributed by atoms with Crippen molar-refractivity contribution in [2.45, 2.75) is 64.0 Å². The topological polar surface area (TPSA) is 131 Å². The predicted molar refractivity (Wildman–Crippen MR) is 130 cm³/mol. The van der Waals surface area contributed by atoms with E-state index in [1.54, 1.807) is 23.6 Å². The number of cyclic esters (lactones) is 1. The van der Waals surface area contributed by atoms with Crippen molar-refractivity contribution >= 4 is 34.4 Å². The molecule has 0 bridgehead atoms. The maximum atomic E-state index is 13.5. The summed E-state index contributed by atoms with van der Waals surface area (Å²) >= 11 is 6.40. The van der Waals surface area contributed by atoms with Crippen LogP contribution in [0.5, 0.6) is 0 Å². The van der Waals surface area contributed by atoms with Gasteiger partial charge in [-0.05, 0) is 55.5 Å². The van der Waals surface area contributed by atoms with E-state index in [1.807, 2.05) is 13.0 Å². The van der Waals surface area contributed by atoms with Gasteiger partial charge in [-0.3, -0.25) is 9.59 Å². The molecule has 4 heterocycles. The van der Waals surface area contributed by atoms with Gasteiger partial charge in [0, 0.05) is 28.1 Å². The molecule has 1 fully saturated rings. The fourth-order valence-electron chi connectivity index (χ4n) is 5.17. The highest BCUT2D eigenvalue weighted by atomic mass is 35.5. The molecule has 186 valence electrons. The van der Waals surface area contributed by atoms with Crippen LogP contribution < -0.4 is 10.9 Å². The van der Waals surface area contributed by atoms with Gasteiger partial charge in [0.15, 0.2) is 5.60 Å². The molecule has 2 aromatic heterocycles. The summed E-state index contributed by atoms with van der Waals surface area (Å²) in [6.07, 6.45) is 0.904. The second-order valence-corrected chi connectivity index (χ2v) is 10.3. The summed E-state index contributed by atoms with van der Waals surface area (Å²) in [6, 6.07) is 5.29. The molecule has 10 heteroatoms. The molecule has 0 saturated heterocycles. The zero-order valence-electron chi connectivity index (χ0n) is 19.8. The predicted octanol–water partition coefficient (Wildman–Crippen LogP) is 2.18. The van der Waals surface area contributed by atoms with Gasteiger partial charge in [-0.25, -0.2) is 9.78 Å². The first-order chi connectivity index (χ1) is 17.1. The molecule has 9 nitrogen and oxygen atoms in total. The number of aryl methyl sites for hydroxylation is 1. The number of pyridine rings is 2. The molecule has 1 aliphatic carbocycles. The number of carbonyl (C=O) groups is 2. The summed E-state index contributed by atoms with van der Waals surface area (Å²) in [6.45, 7) is 3.65. The smallest absolute Gasteiger partial charge is 0.343 e. The number of halogens is 1. The van der Waals surface area contributed by atoms with Crippen molar-refractivity contribution in [1.29, 1.82) is 0 Å². The van der Waals surface area contributed by atoms with Crippen LogP contribution in [0.2, 0.25) is 5.02 Å². The van der Waals surface area contributed by atoms with Crippen LogP contribution in [0.4, 0.5) is 0 Å². The van der Waals surface area contributed by atoms with Crippen molar-refractivity contribution in [2.24, 2.45) is 0 Å². The quantitative estimate of drug-likeness (QED) is 0.359. The molecule has 3 aromatic rings. The first kappa shape index (κ1) is 23.1. The lowest BCUT2D eigenvalue weighted by Crippen LogP contribution is -2.44. The van der Waals surface area contributed by atoms with Crippen LogP contribution in [-0.4, -0.2) is 37.2 Å². The van der Waals surface area contributed by atoms with Gasteiger partial charge < -0.3 is 24.8 Å². The number of aromatic nitrogens is 2. The van der Waals surface area contributed by atoms with Crippen molar-refractivity contribution in [1.82, 2.24) is 14.9 Å². The number of aliphatic hydroxyl groups is 2. The second-order valence-electron chi connectivity index (χ2n) is 9.85. The van der Waals surface area contributed by atoms with Gasteiger partial charge in [0.2, 0.25) is 0 Å². The molecule has 1 aromatic carbocycles. The summed E-state index contributed by atoms with van der Waals surface area (Å²) < 4.78 is 6.70. The van der Waals surface area contributed by atoms with Crippen LogP contribution in [0.3, 0.4) is 0 Å². The zero-order chi connectivity index (χ0) is 25.6. The fourth-order valence-corrected chi connectivity index (χ4v) is 5.33. The van der Waals surface area contributed by atoms with E-state index in [9.17, 15) is 24.6 Å². The molecule has 0 spiro atoms. The molecule has 1 amide bonds. The third-order valence-electron chi connectivity index (χ3n) is 7.66. The maximum Gasteiger partial charge on any atom is 0.343 e. The Labute approximate surface area is 210 Å². The Balaban J connectivity index is 1.56. The SMILES string of the molecule is CC[C@@]1(O)C(=O)OCc2c1cc1n(c2=O)Cc2c-1nc1cc(Cl)c(C)cc1c2CNC(=O)C1(O)CC1. The van der Waals surface area contributed by atoms with Gasteiger partial charge in [0.1, 0.15) is 12.2 Å². The van der Waals surface area contributed by atoms with Crippen LogP contribution in [0.25, 0.3) is 22.3 Å². The minimum atomic E-state index is -1.92. The minimum absolute atomic E-state index is 0.0504. The summed E-state index contributed by atoms with van der Waals surface area (Å²) in [7, 11) is 0. The Bertz CT molecular complexity index is 1570. The molecule has 3 aliphatic rings. The molecule has 0 unspecified atom stereocenters. The van der Waals surface area contributed by atoms with E-state index in [0.717, 1.165) is 22.1 Å². The molecule has 0 radical (unpaired) electrons. The van der Waals surface area contributed by atoms with Gasteiger partial charge in [-0.1, -0.05) is 18.5 Å². The minimum Gasteiger partial charge on any atom is -0.458 e. The van der Waals surface area contributed by atoms with Gasteiger partial charge in [0.05, 0.1) is 29.0 Å². The summed E-state index contributed by atoms with van der Waals surface area (Å²) in [5.41, 5.74) is 0.820. The third-order valence-corrected chi connectivity index (χ3v) is 8.07. The summed E-state index contributed by atoms with van der Waals surface area (Å²) in [4.78, 5) is 43.3. The highest BCUT2D eigenvalue weighted by molar-refractivity contribution is 6.32. The molecule has 6 rings (SSSR count). The third kappa shape index (κ3) is 3.16. The van der Waals surface area contributed by atoms with E-state index in [2.05, 4.69) is 5.32 Å². The fraction of sp³-hybridized carbons (Fsp3) is 0.385. The number of esters is 1. The van der Waals surface area contributed by atoms with Gasteiger partial charge >= 0.3 is 5.97 Å². The van der Waals surface area contributed by atoms with Crippen LogP contribution in [-0.2, 0) is 39.6 Å². The van der Waals surface area contributed by atoms with E-state index in [1.165, 1.54) is 0 Å². The first-order valence-electron chi connectivity index (χ1n) is 11.9. The maximum absolute atomic E-state index is 13.5. The lowest BCUT2D eigenvalue weighted by molar-refractivity contribution is -0.172. The number of carbonyl (C=O) groups excluding carboxylic acids is 2. The molecule has 36 heavy (non-hydrogen) atoms. The van der Waals surface area contributed by atoms with E-state index in [4.69, 9.17) is 21.3 Å². The Morgan fingerprint density at radius 3 is 2.67 bits per heavy atom. The highest BCUT2D eigenvalue weighted by Crippen LogP contribution is 2.41. The van der Waals surface area contributed by atoms with Crippen LogP contribution in [0.15, 0.2) is 23.0 Å². The zero-order valence-corrected chi connectivity index (χ0v) is 20.5. The van der Waals surface area contributed by atoms with Crippen LogP contribution in [0.1, 0.15) is 54.0 Å². The van der Waals surface area contributed by atoms with Crippen molar-refractivity contribution in [3.05, 3.63) is 61.4 Å². The van der Waals surface area contributed by atoms with E-state index >= 15 is 0 Å². The van der Waals surface area contributed by atoms with E-state index in [0.29, 0.717) is 34.8 Å². The lowest BCUT2D eigenvalue weighted by Gasteiger charge is -2.31. The van der Waals surface area contributed by atoms with Crippen molar-refractivity contribution < 1.29 is 24.5 Å². The molecule has 1 saturated carbocycles. The Kier molecular flexibility index (Phi) is 4.90. The summed E-state index contributed by atoms with van der Waals surface area (Å²) in [5.74, 6) is -1.21. The molecular weight excluding hydrogens is 486 g/mol. The summed E-state index contributed by atoms with van der Waals surface area (Å²) in [5, 5.41) is 25.5. The van der Waals surface area contributed by atoms with E-state index in [-0.39, 0.29) is 42.8 Å². The number of hydrogen-bond donors (Lipinski definition) is 3. The van der Waals surface area contributed by atoms with Crippen molar-refractivity contribution in [3.63, 3.8) is 0 Å². The number of ether oxygens (including phenoxy) is 1. The monoisotopic (exact) mass is 509 g/mol. The lowest BCUT2D eigenvalue weighted by atomic mass is 9.86. The molecule has 1 atom stereocenters. The van der Waals surface area contributed by atoms with Crippen LogP contribution >= 0.6 is 11.6 Å². The number of benzene rings is 1. The number of hydrogen-bond acceptors (Lipinski definition) is 7. The second kappa shape index (κ2) is 7.61.